The maximum atomic E-state index is 6.45. The molecule has 4 aliphatic heterocycles. The number of rotatable bonds is 8. The van der Waals surface area contributed by atoms with Crippen LogP contribution in [0.3, 0.4) is 0 Å². The molecule has 374 valence electrons. The maximum absolute atomic E-state index is 6.45. The number of methoxy groups -OCH3 is 2. The Bertz CT molecular complexity index is 4610. The van der Waals surface area contributed by atoms with Crippen LogP contribution < -0.4 is 72.8 Å². The predicted octanol–water partition coefficient (Wildman–Crippen LogP) is 10.8. The first-order valence-electron chi connectivity index (χ1n) is 27.9. The van der Waals surface area contributed by atoms with E-state index in [4.69, 9.17) is 9.47 Å². The summed E-state index contributed by atoms with van der Waals surface area (Å²) in [5, 5.41) is 13.4. The summed E-state index contributed by atoms with van der Waals surface area (Å²) in [6, 6.07) is 94.3. The Morgan fingerprint density at radius 2 is 0.725 bits per heavy atom. The summed E-state index contributed by atoms with van der Waals surface area (Å²) in [4.78, 5) is 4.94. The van der Waals surface area contributed by atoms with Gasteiger partial charge in [0.05, 0.1) is 14.2 Å². The Kier molecular flexibility index (Phi) is 9.65. The molecular formula is C73H50B2N2O2Si. The SMILES string of the molecule is COc1cc2c3c(c1)N(c1ccccc1)c1ccccc1B3c1cc3c([Si](c4ccccc4)(c4ccccc4)c4ccccc4)cc4c5c(cc6c(C)cc-2c1c6c35)B1c2ccccc2N(c2ccccc2)c2cc(OC)cc-4c21. The van der Waals surface area contributed by atoms with Gasteiger partial charge in [0.2, 0.25) is 13.4 Å². The second-order valence-electron chi connectivity index (χ2n) is 22.1. The molecule has 0 N–H and O–H groups in total. The van der Waals surface area contributed by atoms with Gasteiger partial charge < -0.3 is 19.3 Å². The number of ether oxygens (including phenoxy) is 2. The van der Waals surface area contributed by atoms with Gasteiger partial charge in [0.25, 0.3) is 0 Å². The average molecular weight is 1040 g/mol. The van der Waals surface area contributed by atoms with Crippen molar-refractivity contribution in [2.24, 2.45) is 0 Å². The highest BCUT2D eigenvalue weighted by molar-refractivity contribution is 7.21. The van der Waals surface area contributed by atoms with Crippen molar-refractivity contribution in [3.8, 4) is 33.8 Å². The number of hydrogen-bond donors (Lipinski definition) is 0. The Morgan fingerprint density at radius 1 is 0.338 bits per heavy atom. The van der Waals surface area contributed by atoms with E-state index in [1.807, 2.05) is 14.2 Å². The highest BCUT2D eigenvalue weighted by Crippen LogP contribution is 2.50. The molecule has 13 aromatic rings. The third kappa shape index (κ3) is 5.97. The van der Waals surface area contributed by atoms with Gasteiger partial charge in [0, 0.05) is 46.3 Å². The first-order chi connectivity index (χ1) is 39.5. The van der Waals surface area contributed by atoms with Crippen LogP contribution in [-0.4, -0.2) is 35.7 Å². The van der Waals surface area contributed by atoms with E-state index in [1.54, 1.807) is 0 Å². The van der Waals surface area contributed by atoms with E-state index in [2.05, 4.69) is 265 Å². The summed E-state index contributed by atoms with van der Waals surface area (Å²) in [6.45, 7) is 2.22. The Balaban J connectivity index is 1.11. The third-order valence-corrected chi connectivity index (χ3v) is 23.2. The van der Waals surface area contributed by atoms with Crippen molar-refractivity contribution in [3.05, 3.63) is 254 Å². The Hall–Kier alpha value is -9.55. The van der Waals surface area contributed by atoms with E-state index in [9.17, 15) is 0 Å². The molecule has 4 heterocycles. The molecule has 0 saturated heterocycles. The highest BCUT2D eigenvalue weighted by atomic mass is 28.3. The lowest BCUT2D eigenvalue weighted by Gasteiger charge is -2.43. The Labute approximate surface area is 467 Å². The first kappa shape index (κ1) is 45.5. The largest absolute Gasteiger partial charge is 0.497 e. The summed E-state index contributed by atoms with van der Waals surface area (Å²) in [5.41, 5.74) is 21.0. The lowest BCUT2D eigenvalue weighted by Crippen LogP contribution is -2.75. The smallest absolute Gasteiger partial charge is 0.248 e. The molecule has 4 nitrogen and oxygen atoms in total. The van der Waals surface area contributed by atoms with Crippen LogP contribution >= 0.6 is 0 Å². The highest BCUT2D eigenvalue weighted by Gasteiger charge is 2.49. The topological polar surface area (TPSA) is 24.9 Å². The molecule has 17 rings (SSSR count). The van der Waals surface area contributed by atoms with Gasteiger partial charge in [-0.05, 0) is 158 Å². The van der Waals surface area contributed by atoms with Crippen LogP contribution in [0, 0.1) is 6.92 Å². The van der Waals surface area contributed by atoms with Crippen molar-refractivity contribution in [2.75, 3.05) is 24.0 Å². The molecule has 0 bridgehead atoms. The van der Waals surface area contributed by atoms with Gasteiger partial charge >= 0.3 is 0 Å². The van der Waals surface area contributed by atoms with Crippen LogP contribution in [0.25, 0.3) is 54.6 Å². The van der Waals surface area contributed by atoms with E-state index in [1.165, 1.54) is 125 Å². The number of nitrogens with zero attached hydrogens (tertiary/aromatic N) is 2. The van der Waals surface area contributed by atoms with Crippen LogP contribution in [0.5, 0.6) is 11.5 Å². The van der Waals surface area contributed by atoms with Gasteiger partial charge in [0.1, 0.15) is 11.5 Å². The molecule has 0 aromatic heterocycles. The minimum Gasteiger partial charge on any atom is -0.497 e. The van der Waals surface area contributed by atoms with Crippen LogP contribution in [0.1, 0.15) is 5.56 Å². The predicted molar refractivity (Wildman–Crippen MR) is 341 cm³/mol. The van der Waals surface area contributed by atoms with Crippen LogP contribution in [0.15, 0.2) is 249 Å². The summed E-state index contributed by atoms with van der Waals surface area (Å²) in [5.74, 6) is 1.68. The number of anilines is 6. The van der Waals surface area contributed by atoms with Gasteiger partial charge in [-0.1, -0.05) is 199 Å². The molecule has 7 heteroatoms. The van der Waals surface area contributed by atoms with Crippen molar-refractivity contribution in [2.45, 2.75) is 6.92 Å². The fraction of sp³-hybridized carbons (Fsp3) is 0.0411. The fourth-order valence-corrected chi connectivity index (χ4v) is 20.3. The monoisotopic (exact) mass is 1040 g/mol. The van der Waals surface area contributed by atoms with Gasteiger partial charge in [-0.2, -0.15) is 0 Å². The maximum Gasteiger partial charge on any atom is 0.248 e. The van der Waals surface area contributed by atoms with E-state index in [0.717, 1.165) is 34.2 Å². The zero-order chi connectivity index (χ0) is 53.0. The molecule has 4 aliphatic rings. The summed E-state index contributed by atoms with van der Waals surface area (Å²) >= 11 is 0. The molecule has 80 heavy (non-hydrogen) atoms. The average Bonchev–Trinajstić information content (AvgIpc) is 2.55. The van der Waals surface area contributed by atoms with Crippen molar-refractivity contribution < 1.29 is 9.47 Å². The van der Waals surface area contributed by atoms with Crippen molar-refractivity contribution >= 4 is 141 Å². The van der Waals surface area contributed by atoms with Gasteiger partial charge in [-0.3, -0.25) is 0 Å². The molecule has 0 spiro atoms. The minimum absolute atomic E-state index is 0.0559. The zero-order valence-corrected chi connectivity index (χ0v) is 45.5. The Morgan fingerprint density at radius 3 is 1.18 bits per heavy atom. The normalized spacial score (nSPS) is 13.3. The first-order valence-corrected chi connectivity index (χ1v) is 29.9. The second-order valence-corrected chi connectivity index (χ2v) is 25.9. The van der Waals surface area contributed by atoms with Gasteiger partial charge in [0.15, 0.2) is 8.07 Å². The summed E-state index contributed by atoms with van der Waals surface area (Å²) in [7, 11) is 0.357. The fourth-order valence-electron chi connectivity index (χ4n) is 15.3. The number of hydrogen-bond acceptors (Lipinski definition) is 4. The summed E-state index contributed by atoms with van der Waals surface area (Å²) < 4.78 is 12.8. The number of benzene rings is 13. The quantitative estimate of drug-likeness (QED) is 0.0860. The molecule has 0 unspecified atom stereocenters. The van der Waals surface area contributed by atoms with Crippen molar-refractivity contribution in [1.82, 2.24) is 0 Å². The number of aryl methyl sites for hydroxylation is 1. The molecule has 0 radical (unpaired) electrons. The second kappa shape index (κ2) is 17.0. The molecule has 0 atom stereocenters. The molecule has 0 fully saturated rings. The standard InChI is InChI=1S/C73H50B2N2O2Si/c1-45-37-54-56-38-48(78-2)40-65-72(56)75(60-34-20-22-36-64(60)76(65)46-23-9-4-10-24-46)62-43-58-67(80(50-27-13-6-14-28-50,51-29-15-7-16-30-51)52-31-17-8-18-32-52)44-55-57-39-49(79-3)41-66-73(57)74(61-42-53(45)70(68(54)62)71(58)69(55)61)59-33-19-21-35-63(59)77(66)47-25-11-5-12-26-47/h4-44H,1-3H3. The molecule has 0 saturated carbocycles. The van der Waals surface area contributed by atoms with E-state index in [-0.39, 0.29) is 13.4 Å². The molecular weight excluding hydrogens is 987 g/mol. The van der Waals surface area contributed by atoms with Crippen LogP contribution in [0.4, 0.5) is 34.1 Å². The number of para-hydroxylation sites is 4. The van der Waals surface area contributed by atoms with Gasteiger partial charge in [-0.15, -0.1) is 0 Å². The van der Waals surface area contributed by atoms with E-state index >= 15 is 0 Å². The molecule has 13 aromatic carbocycles. The van der Waals surface area contributed by atoms with Crippen molar-refractivity contribution in [1.29, 1.82) is 0 Å². The molecule has 0 amide bonds. The van der Waals surface area contributed by atoms with Gasteiger partial charge in [-0.25, -0.2) is 0 Å². The minimum atomic E-state index is -3.28. The van der Waals surface area contributed by atoms with Crippen LogP contribution in [-0.2, 0) is 0 Å². The molecule has 0 aliphatic carbocycles. The summed E-state index contributed by atoms with van der Waals surface area (Å²) in [6.07, 6.45) is 0. The van der Waals surface area contributed by atoms with Crippen molar-refractivity contribution in [3.63, 3.8) is 0 Å². The lowest BCUT2D eigenvalue weighted by molar-refractivity contribution is 0.415. The van der Waals surface area contributed by atoms with Crippen LogP contribution in [0.2, 0.25) is 0 Å². The van der Waals surface area contributed by atoms with E-state index in [0.29, 0.717) is 0 Å². The van der Waals surface area contributed by atoms with E-state index < -0.39 is 8.07 Å². The lowest BCUT2D eigenvalue weighted by atomic mass is 9.31. The number of fused-ring (bicyclic) bond motifs is 8. The zero-order valence-electron chi connectivity index (χ0n) is 44.5. The third-order valence-electron chi connectivity index (χ3n) is 18.4.